The number of nitrogens with one attached hydrogen (secondary N) is 1. The highest BCUT2D eigenvalue weighted by molar-refractivity contribution is 5.88. The highest BCUT2D eigenvalue weighted by Gasteiger charge is 2.35. The molecule has 1 heterocycles. The van der Waals surface area contributed by atoms with Crippen LogP contribution in [-0.4, -0.2) is 60.1 Å². The number of carbonyl (C=O) groups is 3. The second-order valence-corrected chi connectivity index (χ2v) is 7.58. The molecule has 2 amide bonds. The number of hydrogen-bond donors (Lipinski definition) is 2. The maximum Gasteiger partial charge on any atom is 0.334 e. The Morgan fingerprint density at radius 2 is 1.79 bits per heavy atom. The predicted molar refractivity (Wildman–Crippen MR) is 104 cm³/mol. The monoisotopic (exact) mass is 390 g/mol. The van der Waals surface area contributed by atoms with Crippen molar-refractivity contribution in [2.24, 2.45) is 11.8 Å². The minimum atomic E-state index is -1.16. The van der Waals surface area contributed by atoms with E-state index in [-0.39, 0.29) is 30.1 Å². The van der Waals surface area contributed by atoms with Crippen molar-refractivity contribution in [3.8, 4) is 0 Å². The molecule has 2 rings (SSSR count). The van der Waals surface area contributed by atoms with Crippen LogP contribution in [0, 0.1) is 11.8 Å². The van der Waals surface area contributed by atoms with E-state index in [2.05, 4.69) is 10.1 Å². The Labute approximate surface area is 166 Å². The van der Waals surface area contributed by atoms with Gasteiger partial charge in [-0.05, 0) is 30.2 Å². The molecule has 1 aliphatic heterocycles. The van der Waals surface area contributed by atoms with Crippen LogP contribution >= 0.6 is 0 Å². The minimum absolute atomic E-state index is 0.0504. The van der Waals surface area contributed by atoms with Crippen LogP contribution < -0.4 is 5.32 Å². The zero-order chi connectivity index (χ0) is 20.7. The Kier molecular flexibility index (Phi) is 7.99. The number of aliphatic hydroxyl groups is 1. The molecule has 0 spiro atoms. The van der Waals surface area contributed by atoms with Gasteiger partial charge >= 0.3 is 5.97 Å². The number of likely N-dealkylation sites (tertiary alicyclic amines) is 1. The molecule has 0 aromatic heterocycles. The lowest BCUT2D eigenvalue weighted by Crippen LogP contribution is -2.54. The Morgan fingerprint density at radius 1 is 1.18 bits per heavy atom. The van der Waals surface area contributed by atoms with Crippen molar-refractivity contribution >= 4 is 17.8 Å². The molecule has 7 nitrogen and oxygen atoms in total. The third-order valence-corrected chi connectivity index (χ3v) is 5.20. The van der Waals surface area contributed by atoms with E-state index in [0.717, 1.165) is 5.56 Å². The summed E-state index contributed by atoms with van der Waals surface area (Å²) in [4.78, 5) is 38.5. The lowest BCUT2D eigenvalue weighted by Gasteiger charge is -2.36. The molecule has 0 aliphatic carbocycles. The number of methoxy groups -OCH3 is 1. The molecule has 2 N–H and O–H groups in total. The number of piperidine rings is 1. The van der Waals surface area contributed by atoms with E-state index in [4.69, 9.17) is 0 Å². The van der Waals surface area contributed by atoms with Gasteiger partial charge in [0, 0.05) is 13.1 Å². The smallest absolute Gasteiger partial charge is 0.334 e. The highest BCUT2D eigenvalue weighted by atomic mass is 16.5. The summed E-state index contributed by atoms with van der Waals surface area (Å²) in [5, 5.41) is 12.9. The average Bonchev–Trinajstić information content (AvgIpc) is 2.71. The number of amides is 2. The fourth-order valence-electron chi connectivity index (χ4n) is 3.46. The van der Waals surface area contributed by atoms with Crippen molar-refractivity contribution < 1.29 is 24.2 Å². The Bertz CT molecular complexity index is 669. The molecule has 2 atom stereocenters. The number of carbonyl (C=O) groups excluding carboxylic acids is 3. The average molecular weight is 390 g/mol. The van der Waals surface area contributed by atoms with Gasteiger partial charge in [-0.15, -0.1) is 0 Å². The fourth-order valence-corrected chi connectivity index (χ4v) is 3.46. The zero-order valence-corrected chi connectivity index (χ0v) is 16.8. The van der Waals surface area contributed by atoms with Crippen molar-refractivity contribution in [3.05, 3.63) is 35.9 Å². The summed E-state index contributed by atoms with van der Waals surface area (Å²) in [6, 6.07) is 8.80. The number of esters is 1. The molecule has 1 saturated heterocycles. The van der Waals surface area contributed by atoms with Crippen LogP contribution in [0.3, 0.4) is 0 Å². The van der Waals surface area contributed by atoms with Gasteiger partial charge in [0.1, 0.15) is 6.04 Å². The fraction of sp³-hybridized carbons (Fsp3) is 0.571. The van der Waals surface area contributed by atoms with Gasteiger partial charge < -0.3 is 20.1 Å². The standard InChI is InChI=1S/C21H30N2O5/c1-14(2)18(22-17(24)13-15-7-5-4-6-8-15)20(26)23-11-9-16(10-12-23)19(25)21(27)28-3/h4-8,14,16,18-19,25H,9-13H2,1-3H3,(H,22,24). The van der Waals surface area contributed by atoms with Crippen molar-refractivity contribution in [2.45, 2.75) is 45.3 Å². The minimum Gasteiger partial charge on any atom is -0.467 e. The lowest BCUT2D eigenvalue weighted by molar-refractivity contribution is -0.155. The molecule has 0 saturated carbocycles. The van der Waals surface area contributed by atoms with Gasteiger partial charge in [-0.3, -0.25) is 9.59 Å². The van der Waals surface area contributed by atoms with Gasteiger partial charge in [-0.1, -0.05) is 44.2 Å². The molecule has 7 heteroatoms. The van der Waals surface area contributed by atoms with E-state index in [0.29, 0.717) is 25.9 Å². The third-order valence-electron chi connectivity index (χ3n) is 5.20. The molecule has 1 fully saturated rings. The van der Waals surface area contributed by atoms with Crippen LogP contribution in [0.25, 0.3) is 0 Å². The van der Waals surface area contributed by atoms with Gasteiger partial charge in [-0.2, -0.15) is 0 Å². The zero-order valence-electron chi connectivity index (χ0n) is 16.8. The van der Waals surface area contributed by atoms with E-state index in [1.165, 1.54) is 7.11 Å². The van der Waals surface area contributed by atoms with Gasteiger partial charge in [0.25, 0.3) is 0 Å². The number of benzene rings is 1. The van der Waals surface area contributed by atoms with Crippen LogP contribution in [-0.2, 0) is 25.5 Å². The molecular weight excluding hydrogens is 360 g/mol. The van der Waals surface area contributed by atoms with Crippen LogP contribution in [0.1, 0.15) is 32.3 Å². The summed E-state index contributed by atoms with van der Waals surface area (Å²) in [5.41, 5.74) is 0.896. The summed E-state index contributed by atoms with van der Waals surface area (Å²) < 4.78 is 4.58. The molecule has 0 bridgehead atoms. The number of nitrogens with zero attached hydrogens (tertiary/aromatic N) is 1. The number of ether oxygens (including phenoxy) is 1. The quantitative estimate of drug-likeness (QED) is 0.681. The molecule has 154 valence electrons. The summed E-state index contributed by atoms with van der Waals surface area (Å²) in [5.74, 6) is -1.22. The Morgan fingerprint density at radius 3 is 2.32 bits per heavy atom. The molecule has 1 aliphatic rings. The maximum atomic E-state index is 13.0. The predicted octanol–water partition coefficient (Wildman–Crippen LogP) is 1.14. The molecule has 2 unspecified atom stereocenters. The SMILES string of the molecule is COC(=O)C(O)C1CCN(C(=O)C(NC(=O)Cc2ccccc2)C(C)C)CC1. The van der Waals surface area contributed by atoms with Gasteiger partial charge in [0.15, 0.2) is 6.10 Å². The summed E-state index contributed by atoms with van der Waals surface area (Å²) in [6.07, 6.45) is 0.106. The first kappa shape index (κ1) is 21.9. The van der Waals surface area contributed by atoms with Crippen molar-refractivity contribution in [3.63, 3.8) is 0 Å². The van der Waals surface area contributed by atoms with Gasteiger partial charge in [0.05, 0.1) is 13.5 Å². The first-order chi connectivity index (χ1) is 13.3. The van der Waals surface area contributed by atoms with E-state index >= 15 is 0 Å². The molecule has 28 heavy (non-hydrogen) atoms. The lowest BCUT2D eigenvalue weighted by atomic mass is 9.90. The Balaban J connectivity index is 1.92. The van der Waals surface area contributed by atoms with Crippen molar-refractivity contribution in [2.75, 3.05) is 20.2 Å². The largest absolute Gasteiger partial charge is 0.467 e. The first-order valence-electron chi connectivity index (χ1n) is 9.71. The van der Waals surface area contributed by atoms with E-state index in [1.54, 1.807) is 4.90 Å². The number of hydrogen-bond acceptors (Lipinski definition) is 5. The molecule has 1 aromatic carbocycles. The summed E-state index contributed by atoms with van der Waals surface area (Å²) >= 11 is 0. The first-order valence-corrected chi connectivity index (χ1v) is 9.71. The van der Waals surface area contributed by atoms with E-state index < -0.39 is 18.1 Å². The maximum absolute atomic E-state index is 13.0. The summed E-state index contributed by atoms with van der Waals surface area (Å²) in [7, 11) is 1.25. The van der Waals surface area contributed by atoms with Crippen molar-refractivity contribution in [1.82, 2.24) is 10.2 Å². The van der Waals surface area contributed by atoms with Crippen LogP contribution in [0.2, 0.25) is 0 Å². The second kappa shape index (κ2) is 10.2. The van der Waals surface area contributed by atoms with E-state index in [9.17, 15) is 19.5 Å². The number of aliphatic hydroxyl groups excluding tert-OH is 1. The normalized spacial score (nSPS) is 17.1. The topological polar surface area (TPSA) is 95.9 Å². The van der Waals surface area contributed by atoms with Gasteiger partial charge in [-0.25, -0.2) is 4.79 Å². The molecule has 1 aromatic rings. The van der Waals surface area contributed by atoms with E-state index in [1.807, 2.05) is 44.2 Å². The van der Waals surface area contributed by atoms with Crippen LogP contribution in [0.4, 0.5) is 0 Å². The summed E-state index contributed by atoms with van der Waals surface area (Å²) in [6.45, 7) is 4.68. The third kappa shape index (κ3) is 5.79. The number of rotatable bonds is 7. The highest BCUT2D eigenvalue weighted by Crippen LogP contribution is 2.23. The molecular formula is C21H30N2O5. The van der Waals surface area contributed by atoms with Crippen molar-refractivity contribution in [1.29, 1.82) is 0 Å². The van der Waals surface area contributed by atoms with Gasteiger partial charge in [0.2, 0.25) is 11.8 Å². The Hall–Kier alpha value is -2.41. The van der Waals surface area contributed by atoms with Crippen LogP contribution in [0.5, 0.6) is 0 Å². The second-order valence-electron chi connectivity index (χ2n) is 7.58. The van der Waals surface area contributed by atoms with Crippen LogP contribution in [0.15, 0.2) is 30.3 Å². The molecule has 0 radical (unpaired) electrons.